The van der Waals surface area contributed by atoms with Gasteiger partial charge in [-0.3, -0.25) is 14.6 Å². The predicted molar refractivity (Wildman–Crippen MR) is 124 cm³/mol. The third-order valence-electron chi connectivity index (χ3n) is 5.75. The fourth-order valence-electron chi connectivity index (χ4n) is 3.88. The Morgan fingerprint density at radius 3 is 2.67 bits per heavy atom. The number of aromatic nitrogens is 1. The highest BCUT2D eigenvalue weighted by atomic mass is 35.5. The molecule has 8 nitrogen and oxygen atoms in total. The largest absolute Gasteiger partial charge is 0.444 e. The van der Waals surface area contributed by atoms with Crippen LogP contribution in [-0.4, -0.2) is 71.0 Å². The van der Waals surface area contributed by atoms with Gasteiger partial charge in [-0.05, 0) is 58.1 Å². The van der Waals surface area contributed by atoms with Crippen molar-refractivity contribution >= 4 is 29.4 Å². The van der Waals surface area contributed by atoms with Crippen LogP contribution in [0.5, 0.6) is 0 Å². The summed E-state index contributed by atoms with van der Waals surface area (Å²) in [6, 6.07) is 2.01. The number of likely N-dealkylation sites (tertiary alicyclic amines) is 1. The summed E-state index contributed by atoms with van der Waals surface area (Å²) in [5, 5.41) is 0.495. The first-order valence-corrected chi connectivity index (χ1v) is 11.9. The van der Waals surface area contributed by atoms with Gasteiger partial charge in [0.1, 0.15) is 17.3 Å². The number of pyridine rings is 1. The van der Waals surface area contributed by atoms with Crippen LogP contribution in [0, 0.1) is 5.92 Å². The van der Waals surface area contributed by atoms with Gasteiger partial charge in [-0.15, -0.1) is 0 Å². The number of nitrogens with zero attached hydrogens (tertiary/aromatic N) is 3. The van der Waals surface area contributed by atoms with Crippen LogP contribution in [0.25, 0.3) is 0 Å². The summed E-state index contributed by atoms with van der Waals surface area (Å²) in [5.41, 5.74) is 1.06. The van der Waals surface area contributed by atoms with Crippen LogP contribution in [0.15, 0.2) is 12.3 Å². The van der Waals surface area contributed by atoms with Gasteiger partial charge in [0, 0.05) is 57.7 Å². The second-order valence-electron chi connectivity index (χ2n) is 9.76. The number of ether oxygens (including phenoxy) is 2. The van der Waals surface area contributed by atoms with Crippen LogP contribution < -0.4 is 0 Å². The van der Waals surface area contributed by atoms with Gasteiger partial charge in [-0.2, -0.15) is 0 Å². The average molecular weight is 480 g/mol. The van der Waals surface area contributed by atoms with Crippen molar-refractivity contribution in [1.29, 1.82) is 0 Å². The highest BCUT2D eigenvalue weighted by molar-refractivity contribution is 6.31. The smallest absolute Gasteiger partial charge is 0.410 e. The lowest BCUT2D eigenvalue weighted by Gasteiger charge is -2.35. The second kappa shape index (κ2) is 10.8. The van der Waals surface area contributed by atoms with Crippen molar-refractivity contribution in [2.45, 2.75) is 71.1 Å². The molecule has 1 saturated heterocycles. The molecule has 2 fully saturated rings. The van der Waals surface area contributed by atoms with Crippen molar-refractivity contribution in [3.05, 3.63) is 28.5 Å². The number of amides is 2. The number of hydrogen-bond donors (Lipinski definition) is 0. The van der Waals surface area contributed by atoms with Gasteiger partial charge < -0.3 is 19.3 Å². The van der Waals surface area contributed by atoms with E-state index >= 15 is 0 Å². The Morgan fingerprint density at radius 2 is 2.03 bits per heavy atom. The molecule has 0 N–H and O–H groups in total. The third kappa shape index (κ3) is 7.14. The van der Waals surface area contributed by atoms with Crippen molar-refractivity contribution in [2.24, 2.45) is 5.92 Å². The number of piperidine rings is 1. The molecule has 1 unspecified atom stereocenters. The molecule has 1 atom stereocenters. The molecular weight excluding hydrogens is 446 g/mol. The van der Waals surface area contributed by atoms with Gasteiger partial charge >= 0.3 is 6.09 Å². The lowest BCUT2D eigenvalue weighted by atomic mass is 9.94. The minimum Gasteiger partial charge on any atom is -0.444 e. The van der Waals surface area contributed by atoms with Crippen molar-refractivity contribution in [1.82, 2.24) is 14.8 Å². The fourth-order valence-corrected chi connectivity index (χ4v) is 4.05. The van der Waals surface area contributed by atoms with Crippen LogP contribution >= 0.6 is 11.6 Å². The molecule has 1 saturated carbocycles. The molecule has 0 radical (unpaired) electrons. The Morgan fingerprint density at radius 1 is 1.30 bits per heavy atom. The van der Waals surface area contributed by atoms with Gasteiger partial charge in [0.15, 0.2) is 0 Å². The molecule has 0 aromatic carbocycles. The number of carbonyl (C=O) groups excluding carboxylic acids is 3. The summed E-state index contributed by atoms with van der Waals surface area (Å²) < 4.78 is 10.6. The molecule has 1 aromatic heterocycles. The Kier molecular flexibility index (Phi) is 8.34. The van der Waals surface area contributed by atoms with Gasteiger partial charge in [-0.25, -0.2) is 4.79 Å². The summed E-state index contributed by atoms with van der Waals surface area (Å²) in [7, 11) is 1.66. The van der Waals surface area contributed by atoms with Gasteiger partial charge in [0.25, 0.3) is 0 Å². The van der Waals surface area contributed by atoms with Crippen molar-refractivity contribution < 1.29 is 23.9 Å². The molecule has 2 amide bonds. The molecule has 33 heavy (non-hydrogen) atoms. The zero-order valence-corrected chi connectivity index (χ0v) is 20.7. The number of hydrogen-bond acceptors (Lipinski definition) is 6. The van der Waals surface area contributed by atoms with E-state index in [2.05, 4.69) is 4.98 Å². The number of ketones is 1. The first-order valence-electron chi connectivity index (χ1n) is 11.5. The van der Waals surface area contributed by atoms with Gasteiger partial charge in [-0.1, -0.05) is 11.6 Å². The van der Waals surface area contributed by atoms with E-state index in [1.54, 1.807) is 39.0 Å². The first-order chi connectivity index (χ1) is 15.6. The van der Waals surface area contributed by atoms with Crippen molar-refractivity contribution in [3.63, 3.8) is 0 Å². The molecule has 0 spiro atoms. The first kappa shape index (κ1) is 25.4. The zero-order valence-electron chi connectivity index (χ0n) is 19.9. The zero-order chi connectivity index (χ0) is 24.2. The summed E-state index contributed by atoms with van der Waals surface area (Å²) in [6.07, 6.45) is 4.65. The van der Waals surface area contributed by atoms with Crippen LogP contribution in [0.1, 0.15) is 57.7 Å². The van der Waals surface area contributed by atoms with E-state index in [1.807, 2.05) is 6.07 Å². The molecule has 2 heterocycles. The molecule has 3 rings (SSSR count). The van der Waals surface area contributed by atoms with E-state index in [4.69, 9.17) is 21.1 Å². The Hall–Kier alpha value is -2.19. The van der Waals surface area contributed by atoms with Gasteiger partial charge in [0.05, 0.1) is 5.02 Å². The van der Waals surface area contributed by atoms with Crippen LogP contribution in [-0.2, 0) is 32.0 Å². The number of Topliss-reactive ketones (excluding diaryl/α,β-unsaturated/α-hetero) is 1. The lowest BCUT2D eigenvalue weighted by Crippen LogP contribution is -2.52. The Balaban J connectivity index is 1.73. The minimum atomic E-state index is -0.881. The number of methoxy groups -OCH3 is 1. The average Bonchev–Trinajstić information content (AvgIpc) is 3.58. The summed E-state index contributed by atoms with van der Waals surface area (Å²) in [5.74, 6) is -1.26. The molecule has 1 aliphatic carbocycles. The fraction of sp³-hybridized carbons (Fsp3) is 0.667. The number of rotatable bonds is 8. The number of aryl methyl sites for hydroxylation is 1. The van der Waals surface area contributed by atoms with E-state index in [0.29, 0.717) is 18.2 Å². The maximum atomic E-state index is 13.5. The highest BCUT2D eigenvalue weighted by Crippen LogP contribution is 2.32. The lowest BCUT2D eigenvalue weighted by molar-refractivity contribution is -0.144. The van der Waals surface area contributed by atoms with E-state index < -0.39 is 17.6 Å². The molecule has 1 aromatic rings. The SMILES string of the molecule is COCCCc1cc(CN(C(=O)C2CN(C(=O)OC(C)(C)C)CCC2=O)C2CC2)c(Cl)cn1. The summed E-state index contributed by atoms with van der Waals surface area (Å²) in [6.45, 7) is 6.64. The molecule has 2 aliphatic rings. The summed E-state index contributed by atoms with van der Waals surface area (Å²) in [4.78, 5) is 46.3. The van der Waals surface area contributed by atoms with E-state index in [-0.39, 0.29) is 37.2 Å². The monoisotopic (exact) mass is 479 g/mol. The minimum absolute atomic E-state index is 0.0438. The Labute approximate surface area is 200 Å². The molecule has 0 bridgehead atoms. The maximum absolute atomic E-state index is 13.5. The van der Waals surface area contributed by atoms with E-state index in [0.717, 1.165) is 36.9 Å². The standard InChI is InChI=1S/C24H34ClN3O5/c1-24(2,3)33-23(31)27-10-9-21(29)19(15-27)22(30)28(18-7-8-18)14-16-12-17(6-5-11-32-4)26-13-20(16)25/h12-13,18-19H,5-11,14-15H2,1-4H3. The molecule has 1 aliphatic heterocycles. The van der Waals surface area contributed by atoms with Crippen LogP contribution in [0.2, 0.25) is 5.02 Å². The predicted octanol–water partition coefficient (Wildman–Crippen LogP) is 3.63. The number of halogens is 1. The highest BCUT2D eigenvalue weighted by Gasteiger charge is 2.42. The number of carbonyl (C=O) groups is 3. The third-order valence-corrected chi connectivity index (χ3v) is 6.09. The maximum Gasteiger partial charge on any atom is 0.410 e. The van der Waals surface area contributed by atoms with E-state index in [9.17, 15) is 14.4 Å². The van der Waals surface area contributed by atoms with Crippen molar-refractivity contribution in [3.8, 4) is 0 Å². The topological polar surface area (TPSA) is 89.0 Å². The van der Waals surface area contributed by atoms with Crippen LogP contribution in [0.4, 0.5) is 4.79 Å². The quantitative estimate of drug-likeness (QED) is 0.418. The molecular formula is C24H34ClN3O5. The molecule has 9 heteroatoms. The van der Waals surface area contributed by atoms with Crippen LogP contribution in [0.3, 0.4) is 0 Å². The van der Waals surface area contributed by atoms with E-state index in [1.165, 1.54) is 4.90 Å². The second-order valence-corrected chi connectivity index (χ2v) is 10.2. The normalized spacial score (nSPS) is 18.9. The summed E-state index contributed by atoms with van der Waals surface area (Å²) >= 11 is 6.41. The molecule has 182 valence electrons. The van der Waals surface area contributed by atoms with Crippen molar-refractivity contribution in [2.75, 3.05) is 26.8 Å². The van der Waals surface area contributed by atoms with Gasteiger partial charge in [0.2, 0.25) is 5.91 Å². The Bertz CT molecular complexity index is 881.